The highest BCUT2D eigenvalue weighted by molar-refractivity contribution is 6.34. The van der Waals surface area contributed by atoms with E-state index in [0.717, 1.165) is 5.56 Å². The normalized spacial score (nSPS) is 23.7. The van der Waals surface area contributed by atoms with Gasteiger partial charge in [-0.15, -0.1) is 0 Å². The van der Waals surface area contributed by atoms with Crippen molar-refractivity contribution in [1.29, 1.82) is 0 Å². The number of aliphatic hydroxyl groups excluding tert-OH is 1. The molecule has 1 fully saturated rings. The van der Waals surface area contributed by atoms with Crippen molar-refractivity contribution < 1.29 is 9.90 Å². The smallest absolute Gasteiger partial charge is 0.241 e. The Balaban J connectivity index is 2.06. The number of anilines is 1. The summed E-state index contributed by atoms with van der Waals surface area (Å²) in [7, 11) is 0. The molecule has 4 nitrogen and oxygen atoms in total. The van der Waals surface area contributed by atoms with Gasteiger partial charge in [0, 0.05) is 6.54 Å². The molecule has 2 unspecified atom stereocenters. The fraction of sp³-hybridized carbons (Fsp3) is 0.417. The van der Waals surface area contributed by atoms with E-state index in [2.05, 4.69) is 10.6 Å². The summed E-state index contributed by atoms with van der Waals surface area (Å²) in [6.07, 6.45) is -0.00587. The van der Waals surface area contributed by atoms with E-state index in [9.17, 15) is 9.90 Å². The Hall–Kier alpha value is -1.10. The summed E-state index contributed by atoms with van der Waals surface area (Å²) >= 11 is 6.09. The molecule has 1 aliphatic rings. The van der Waals surface area contributed by atoms with Gasteiger partial charge in [-0.1, -0.05) is 23.7 Å². The van der Waals surface area contributed by atoms with Gasteiger partial charge in [-0.2, -0.15) is 0 Å². The fourth-order valence-corrected chi connectivity index (χ4v) is 2.05. The highest BCUT2D eigenvalue weighted by Crippen LogP contribution is 2.25. The van der Waals surface area contributed by atoms with Crippen LogP contribution in [-0.4, -0.2) is 29.7 Å². The summed E-state index contributed by atoms with van der Waals surface area (Å²) in [5.74, 6) is -0.158. The second-order valence-corrected chi connectivity index (χ2v) is 4.65. The largest absolute Gasteiger partial charge is 0.392 e. The number of nitrogens with one attached hydrogen (secondary N) is 2. The highest BCUT2D eigenvalue weighted by Gasteiger charge is 2.28. The van der Waals surface area contributed by atoms with E-state index in [1.165, 1.54) is 0 Å². The van der Waals surface area contributed by atoms with E-state index in [1.54, 1.807) is 6.07 Å². The molecule has 5 heteroatoms. The van der Waals surface area contributed by atoms with Crippen LogP contribution in [0.5, 0.6) is 0 Å². The first-order chi connectivity index (χ1) is 8.08. The Labute approximate surface area is 105 Å². The number of rotatable bonds is 2. The van der Waals surface area contributed by atoms with Crippen LogP contribution in [0.1, 0.15) is 12.0 Å². The molecule has 0 aliphatic carbocycles. The number of carbonyl (C=O) groups excluding carboxylic acids is 1. The van der Waals surface area contributed by atoms with Crippen molar-refractivity contribution >= 4 is 23.2 Å². The zero-order valence-corrected chi connectivity index (χ0v) is 10.3. The Kier molecular flexibility index (Phi) is 3.66. The van der Waals surface area contributed by atoms with Crippen molar-refractivity contribution in [3.8, 4) is 0 Å². The van der Waals surface area contributed by atoms with Crippen LogP contribution < -0.4 is 10.6 Å². The van der Waals surface area contributed by atoms with Gasteiger partial charge in [-0.3, -0.25) is 4.79 Å². The molecule has 2 rings (SSSR count). The number of aryl methyl sites for hydroxylation is 1. The van der Waals surface area contributed by atoms with Gasteiger partial charge in [0.1, 0.15) is 0 Å². The molecule has 1 aromatic carbocycles. The predicted octanol–water partition coefficient (Wildman–Crippen LogP) is 1.31. The van der Waals surface area contributed by atoms with Crippen molar-refractivity contribution in [3.05, 3.63) is 28.8 Å². The van der Waals surface area contributed by atoms with E-state index in [0.29, 0.717) is 23.7 Å². The average molecular weight is 255 g/mol. The Morgan fingerprint density at radius 2 is 2.35 bits per heavy atom. The van der Waals surface area contributed by atoms with Gasteiger partial charge in [0.05, 0.1) is 22.9 Å². The molecule has 2 atom stereocenters. The second kappa shape index (κ2) is 5.04. The maximum absolute atomic E-state index is 11.9. The molecule has 0 bridgehead atoms. The zero-order valence-electron chi connectivity index (χ0n) is 9.53. The molecule has 17 heavy (non-hydrogen) atoms. The van der Waals surface area contributed by atoms with Crippen LogP contribution in [0, 0.1) is 6.92 Å². The molecule has 1 aromatic rings. The molecule has 3 N–H and O–H groups in total. The van der Waals surface area contributed by atoms with Crippen molar-refractivity contribution in [2.45, 2.75) is 25.5 Å². The number of hydrogen-bond acceptors (Lipinski definition) is 3. The summed E-state index contributed by atoms with van der Waals surface area (Å²) in [5, 5.41) is 15.6. The number of carbonyl (C=O) groups is 1. The third-order valence-corrected chi connectivity index (χ3v) is 3.38. The first-order valence-electron chi connectivity index (χ1n) is 5.55. The predicted molar refractivity (Wildman–Crippen MR) is 67.2 cm³/mol. The van der Waals surface area contributed by atoms with Gasteiger partial charge in [-0.25, -0.2) is 0 Å². The molecule has 1 amide bonds. The molecule has 0 aromatic heterocycles. The summed E-state index contributed by atoms with van der Waals surface area (Å²) in [6, 6.07) is 5.14. The minimum Gasteiger partial charge on any atom is -0.392 e. The number of halogens is 1. The van der Waals surface area contributed by atoms with Crippen molar-refractivity contribution in [3.63, 3.8) is 0 Å². The SMILES string of the molecule is Cc1cccc(NC(=O)C2CC(O)CN2)c1Cl. The molecule has 0 saturated carbocycles. The van der Waals surface area contributed by atoms with Gasteiger partial charge in [0.25, 0.3) is 0 Å². The highest BCUT2D eigenvalue weighted by atomic mass is 35.5. The van der Waals surface area contributed by atoms with Gasteiger partial charge < -0.3 is 15.7 Å². The summed E-state index contributed by atoms with van der Waals surface area (Å²) in [4.78, 5) is 11.9. The number of amides is 1. The topological polar surface area (TPSA) is 61.4 Å². The molecular weight excluding hydrogens is 240 g/mol. The number of β-amino-alcohol motifs (C(OH)–C–C–N with tert-alkyl or cyclic N) is 1. The van der Waals surface area contributed by atoms with Crippen LogP contribution in [0.3, 0.4) is 0 Å². The first kappa shape index (κ1) is 12.4. The minimum absolute atomic E-state index is 0.158. The van der Waals surface area contributed by atoms with E-state index < -0.39 is 6.10 Å². The minimum atomic E-state index is -0.446. The number of benzene rings is 1. The Morgan fingerprint density at radius 1 is 1.59 bits per heavy atom. The molecule has 1 aliphatic heterocycles. The van der Waals surface area contributed by atoms with Crippen LogP contribution in [0.25, 0.3) is 0 Å². The average Bonchev–Trinajstić information content (AvgIpc) is 2.72. The fourth-order valence-electron chi connectivity index (χ4n) is 1.88. The van der Waals surface area contributed by atoms with Gasteiger partial charge in [-0.05, 0) is 25.0 Å². The van der Waals surface area contributed by atoms with E-state index >= 15 is 0 Å². The first-order valence-corrected chi connectivity index (χ1v) is 5.93. The van der Waals surface area contributed by atoms with E-state index in [1.807, 2.05) is 19.1 Å². The summed E-state index contributed by atoms with van der Waals surface area (Å²) in [6.45, 7) is 2.34. The molecular formula is C12H15ClN2O2. The van der Waals surface area contributed by atoms with Crippen LogP contribution >= 0.6 is 11.6 Å². The van der Waals surface area contributed by atoms with Crippen molar-refractivity contribution in [1.82, 2.24) is 5.32 Å². The number of aliphatic hydroxyl groups is 1. The van der Waals surface area contributed by atoms with Crippen LogP contribution in [0.15, 0.2) is 18.2 Å². The standard InChI is InChI=1S/C12H15ClN2O2/c1-7-3-2-4-9(11(7)13)15-12(17)10-5-8(16)6-14-10/h2-4,8,10,14,16H,5-6H2,1H3,(H,15,17). The lowest BCUT2D eigenvalue weighted by Gasteiger charge is -2.13. The van der Waals surface area contributed by atoms with Gasteiger partial charge >= 0.3 is 0 Å². The van der Waals surface area contributed by atoms with Gasteiger partial charge in [0.2, 0.25) is 5.91 Å². The maximum atomic E-state index is 11.9. The Morgan fingerprint density at radius 3 is 3.00 bits per heavy atom. The molecule has 0 radical (unpaired) electrons. The lowest BCUT2D eigenvalue weighted by Crippen LogP contribution is -2.35. The van der Waals surface area contributed by atoms with Crippen LogP contribution in [0.4, 0.5) is 5.69 Å². The molecule has 1 heterocycles. The monoisotopic (exact) mass is 254 g/mol. The lowest BCUT2D eigenvalue weighted by molar-refractivity contribution is -0.117. The van der Waals surface area contributed by atoms with E-state index in [4.69, 9.17) is 11.6 Å². The van der Waals surface area contributed by atoms with E-state index in [-0.39, 0.29) is 11.9 Å². The lowest BCUT2D eigenvalue weighted by atomic mass is 10.1. The van der Waals surface area contributed by atoms with Crippen molar-refractivity contribution in [2.24, 2.45) is 0 Å². The number of hydrogen-bond donors (Lipinski definition) is 3. The second-order valence-electron chi connectivity index (χ2n) is 4.28. The maximum Gasteiger partial charge on any atom is 0.241 e. The van der Waals surface area contributed by atoms with Crippen molar-refractivity contribution in [2.75, 3.05) is 11.9 Å². The molecule has 1 saturated heterocycles. The third kappa shape index (κ3) is 2.77. The Bertz CT molecular complexity index is 437. The van der Waals surface area contributed by atoms with Crippen LogP contribution in [0.2, 0.25) is 5.02 Å². The molecule has 92 valence electrons. The summed E-state index contributed by atoms with van der Waals surface area (Å²) in [5.41, 5.74) is 1.53. The van der Waals surface area contributed by atoms with Gasteiger partial charge in [0.15, 0.2) is 0 Å². The third-order valence-electron chi connectivity index (χ3n) is 2.87. The zero-order chi connectivity index (χ0) is 12.4. The summed E-state index contributed by atoms with van der Waals surface area (Å²) < 4.78 is 0. The van der Waals surface area contributed by atoms with Crippen LogP contribution in [-0.2, 0) is 4.79 Å². The quantitative estimate of drug-likeness (QED) is 0.746. The molecule has 0 spiro atoms.